The fraction of sp³-hybridized carbons (Fsp3) is 0.607. The van der Waals surface area contributed by atoms with Crippen molar-refractivity contribution >= 4 is 16.7 Å². The topological polar surface area (TPSA) is 49.8 Å². The molecule has 0 aromatic heterocycles. The number of halogens is 6. The molecule has 3 atom stereocenters. The average molecular weight is 544 g/mol. The second-order valence-electron chi connectivity index (χ2n) is 11.1. The van der Waals surface area contributed by atoms with Crippen molar-refractivity contribution in [1.82, 2.24) is 4.90 Å². The molecule has 0 radical (unpaired) electrons. The van der Waals surface area contributed by atoms with Crippen molar-refractivity contribution < 1.29 is 41.0 Å². The SMILES string of the molecule is C[C@@H](c1ccc2ccc(O[C@H]3CC[C@@H](C(F)(F)F)CC3)c(C(F)(F)F)c2c1)N1C2CCC1CC(C(=O)O)C2. The maximum absolute atomic E-state index is 14.4. The van der Waals surface area contributed by atoms with E-state index in [0.29, 0.717) is 23.8 Å². The summed E-state index contributed by atoms with van der Waals surface area (Å²) in [6.07, 6.45) is -7.16. The largest absolute Gasteiger partial charge is 0.490 e. The van der Waals surface area contributed by atoms with E-state index in [4.69, 9.17) is 4.74 Å². The highest BCUT2D eigenvalue weighted by atomic mass is 19.4. The lowest BCUT2D eigenvalue weighted by molar-refractivity contribution is -0.185. The van der Waals surface area contributed by atoms with Crippen LogP contribution in [-0.4, -0.2) is 40.3 Å². The van der Waals surface area contributed by atoms with Crippen LogP contribution >= 0.6 is 0 Å². The van der Waals surface area contributed by atoms with Crippen LogP contribution in [0.5, 0.6) is 5.75 Å². The van der Waals surface area contributed by atoms with Gasteiger partial charge in [0, 0.05) is 18.1 Å². The zero-order valence-corrected chi connectivity index (χ0v) is 21.0. The smallest absolute Gasteiger partial charge is 0.420 e. The van der Waals surface area contributed by atoms with E-state index in [0.717, 1.165) is 12.8 Å². The summed E-state index contributed by atoms with van der Waals surface area (Å²) in [4.78, 5) is 13.8. The Hall–Kier alpha value is -2.49. The van der Waals surface area contributed by atoms with E-state index in [9.17, 15) is 36.2 Å². The predicted octanol–water partition coefficient (Wildman–Crippen LogP) is 7.75. The molecule has 2 heterocycles. The van der Waals surface area contributed by atoms with Gasteiger partial charge in [-0.3, -0.25) is 9.69 Å². The van der Waals surface area contributed by atoms with Gasteiger partial charge in [-0.1, -0.05) is 18.2 Å². The number of hydrogen-bond acceptors (Lipinski definition) is 3. The fourth-order valence-corrected chi connectivity index (χ4v) is 6.87. The van der Waals surface area contributed by atoms with Crippen LogP contribution in [0.15, 0.2) is 30.3 Å². The van der Waals surface area contributed by atoms with Crippen LogP contribution in [0.1, 0.15) is 75.5 Å². The summed E-state index contributed by atoms with van der Waals surface area (Å²) in [5, 5.41) is 9.87. The van der Waals surface area contributed by atoms with Crippen LogP contribution in [0.3, 0.4) is 0 Å². The van der Waals surface area contributed by atoms with Crippen LogP contribution < -0.4 is 4.74 Å². The van der Waals surface area contributed by atoms with E-state index in [1.807, 2.05) is 13.0 Å². The van der Waals surface area contributed by atoms with Crippen molar-refractivity contribution in [2.45, 2.75) is 94.9 Å². The van der Waals surface area contributed by atoms with E-state index in [-0.39, 0.29) is 54.9 Å². The number of carboxylic acids is 1. The Morgan fingerprint density at radius 3 is 2.11 bits per heavy atom. The lowest BCUT2D eigenvalue weighted by Gasteiger charge is -2.41. The molecule has 4 nitrogen and oxygen atoms in total. The molecule has 2 aliphatic heterocycles. The number of nitrogens with zero attached hydrogens (tertiary/aromatic N) is 1. The number of benzene rings is 2. The molecular formula is C28H31F6NO3. The summed E-state index contributed by atoms with van der Waals surface area (Å²) in [6, 6.07) is 7.77. The van der Waals surface area contributed by atoms with Gasteiger partial charge in [0.15, 0.2) is 0 Å². The van der Waals surface area contributed by atoms with Gasteiger partial charge in [-0.2, -0.15) is 26.3 Å². The average Bonchev–Trinajstić information content (AvgIpc) is 3.10. The molecule has 2 aromatic rings. The first-order valence-corrected chi connectivity index (χ1v) is 13.2. The highest BCUT2D eigenvalue weighted by Crippen LogP contribution is 2.47. The Labute approximate surface area is 216 Å². The summed E-state index contributed by atoms with van der Waals surface area (Å²) in [6.45, 7) is 1.94. The first-order valence-electron chi connectivity index (χ1n) is 13.2. The summed E-state index contributed by atoms with van der Waals surface area (Å²) < 4.78 is 88.0. The lowest BCUT2D eigenvalue weighted by Crippen LogP contribution is -2.45. The van der Waals surface area contributed by atoms with Crippen molar-refractivity contribution in [2.75, 3.05) is 0 Å². The van der Waals surface area contributed by atoms with Gasteiger partial charge >= 0.3 is 18.3 Å². The Balaban J connectivity index is 1.43. The number of piperidine rings is 1. The molecule has 2 unspecified atom stereocenters. The maximum atomic E-state index is 14.4. The molecule has 1 saturated carbocycles. The van der Waals surface area contributed by atoms with Gasteiger partial charge in [0.2, 0.25) is 0 Å². The van der Waals surface area contributed by atoms with Crippen LogP contribution in [0, 0.1) is 11.8 Å². The van der Waals surface area contributed by atoms with Crippen LogP contribution in [0.2, 0.25) is 0 Å². The van der Waals surface area contributed by atoms with Crippen molar-refractivity contribution in [3.63, 3.8) is 0 Å². The maximum Gasteiger partial charge on any atom is 0.420 e. The van der Waals surface area contributed by atoms with Crippen LogP contribution in [0.25, 0.3) is 10.8 Å². The van der Waals surface area contributed by atoms with E-state index >= 15 is 0 Å². The number of aliphatic carboxylic acids is 1. The monoisotopic (exact) mass is 543 g/mol. The van der Waals surface area contributed by atoms with Gasteiger partial charge in [0.25, 0.3) is 0 Å². The number of alkyl halides is 6. The molecule has 208 valence electrons. The third-order valence-electron chi connectivity index (χ3n) is 8.79. The van der Waals surface area contributed by atoms with E-state index in [2.05, 4.69) is 4.90 Å². The molecule has 2 aromatic carbocycles. The zero-order valence-electron chi connectivity index (χ0n) is 21.0. The van der Waals surface area contributed by atoms with E-state index in [1.165, 1.54) is 6.07 Å². The van der Waals surface area contributed by atoms with Crippen LogP contribution in [0.4, 0.5) is 26.3 Å². The number of fused-ring (bicyclic) bond motifs is 3. The van der Waals surface area contributed by atoms with Crippen molar-refractivity contribution in [3.05, 3.63) is 41.5 Å². The molecule has 2 saturated heterocycles. The van der Waals surface area contributed by atoms with Gasteiger partial charge in [0.1, 0.15) is 11.3 Å². The van der Waals surface area contributed by atoms with Crippen molar-refractivity contribution in [3.8, 4) is 5.75 Å². The molecule has 1 aliphatic carbocycles. The first-order chi connectivity index (χ1) is 17.8. The minimum atomic E-state index is -4.72. The molecule has 0 spiro atoms. The number of ether oxygens (including phenoxy) is 1. The number of hydrogen-bond donors (Lipinski definition) is 1. The third-order valence-corrected chi connectivity index (χ3v) is 8.79. The lowest BCUT2D eigenvalue weighted by atomic mass is 9.87. The van der Waals surface area contributed by atoms with Gasteiger partial charge < -0.3 is 9.84 Å². The fourth-order valence-electron chi connectivity index (χ4n) is 6.87. The van der Waals surface area contributed by atoms with E-state index < -0.39 is 41.8 Å². The molecular weight excluding hydrogens is 512 g/mol. The van der Waals surface area contributed by atoms with Gasteiger partial charge in [-0.15, -0.1) is 0 Å². The molecule has 5 rings (SSSR count). The molecule has 0 amide bonds. The first kappa shape index (κ1) is 27.1. The molecule has 3 fully saturated rings. The van der Waals surface area contributed by atoms with Crippen molar-refractivity contribution in [1.29, 1.82) is 0 Å². The number of carbonyl (C=O) groups is 1. The molecule has 3 aliphatic rings. The summed E-state index contributed by atoms with van der Waals surface area (Å²) in [7, 11) is 0. The summed E-state index contributed by atoms with van der Waals surface area (Å²) in [5.41, 5.74) is -0.203. The highest BCUT2D eigenvalue weighted by Gasteiger charge is 2.46. The van der Waals surface area contributed by atoms with E-state index in [1.54, 1.807) is 18.2 Å². The summed E-state index contributed by atoms with van der Waals surface area (Å²) in [5.74, 6) is -2.99. The molecule has 10 heteroatoms. The van der Waals surface area contributed by atoms with Crippen LogP contribution in [-0.2, 0) is 11.0 Å². The second kappa shape index (κ2) is 9.92. The normalized spacial score (nSPS) is 29.4. The third kappa shape index (κ3) is 5.20. The molecule has 1 N–H and O–H groups in total. The standard InChI is InChI=1S/C28H31F6NO3/c1-15(35-20-7-8-21(35)13-18(12-20)26(36)37)17-3-2-16-4-11-24(25(23(16)14-17)28(32,33)34)38-22-9-5-19(6-10-22)27(29,30)31/h2-4,11,14-15,18-22H,5-10,12-13H2,1H3,(H,36,37)/t15-,18?,19-,20?,21?,22+/m0/s1. The second-order valence-corrected chi connectivity index (χ2v) is 11.1. The van der Waals surface area contributed by atoms with Gasteiger partial charge in [-0.25, -0.2) is 0 Å². The minimum absolute atomic E-state index is 0.00361. The molecule has 38 heavy (non-hydrogen) atoms. The minimum Gasteiger partial charge on any atom is -0.490 e. The predicted molar refractivity (Wildman–Crippen MR) is 129 cm³/mol. The van der Waals surface area contributed by atoms with Gasteiger partial charge in [0.05, 0.1) is 17.9 Å². The molecule has 2 bridgehead atoms. The van der Waals surface area contributed by atoms with Gasteiger partial charge in [-0.05, 0) is 86.8 Å². The summed E-state index contributed by atoms with van der Waals surface area (Å²) >= 11 is 0. The Bertz CT molecular complexity index is 1170. The Morgan fingerprint density at radius 2 is 1.55 bits per heavy atom. The Morgan fingerprint density at radius 1 is 0.947 bits per heavy atom. The zero-order chi connectivity index (χ0) is 27.4. The quantitative estimate of drug-likeness (QED) is 0.392. The number of carboxylic acid groups (broad SMARTS) is 1. The number of rotatable bonds is 5. The Kier molecular flexibility index (Phi) is 7.07. The van der Waals surface area contributed by atoms with Crippen molar-refractivity contribution in [2.24, 2.45) is 11.8 Å². The highest BCUT2D eigenvalue weighted by molar-refractivity contribution is 5.89.